The van der Waals surface area contributed by atoms with Gasteiger partial charge in [0.1, 0.15) is 22.0 Å². The van der Waals surface area contributed by atoms with Gasteiger partial charge in [-0.1, -0.05) is 24.0 Å². The molecule has 2 heterocycles. The quantitative estimate of drug-likeness (QED) is 0.348. The van der Waals surface area contributed by atoms with Crippen LogP contribution < -0.4 is 4.90 Å². The predicted octanol–water partition coefficient (Wildman–Crippen LogP) is 3.00. The minimum atomic E-state index is -1.35. The van der Waals surface area contributed by atoms with E-state index < -0.39 is 28.4 Å². The molecule has 1 aromatic heterocycles. The minimum absolute atomic E-state index is 0.106. The third-order valence-electron chi connectivity index (χ3n) is 3.33. The number of nitro groups is 1. The number of hydrogen-bond donors (Lipinski definition) is 2. The number of hydrogen-bond acceptors (Lipinski definition) is 8. The van der Waals surface area contributed by atoms with E-state index in [4.69, 9.17) is 21.7 Å². The Morgan fingerprint density at radius 1 is 1.35 bits per heavy atom. The lowest BCUT2D eigenvalue weighted by Crippen LogP contribution is -2.27. The zero-order valence-electron chi connectivity index (χ0n) is 12.6. The molecule has 0 saturated carbocycles. The standard InChI is InChI=1S/C15H8N2O7S2/c18-10-3-1-7(5-9(10)14(20)21)16-13(19)11(26-15(16)25)6-8-2-4-12(24-8)17(22)23/h1-6,18H,(H,20,21)/b11-6-. The molecule has 9 nitrogen and oxygen atoms in total. The van der Waals surface area contributed by atoms with E-state index in [1.165, 1.54) is 18.2 Å². The summed E-state index contributed by atoms with van der Waals surface area (Å²) in [6.45, 7) is 0. The number of anilines is 1. The van der Waals surface area contributed by atoms with Crippen molar-refractivity contribution in [1.29, 1.82) is 0 Å². The molecule has 2 aromatic rings. The van der Waals surface area contributed by atoms with Gasteiger partial charge >= 0.3 is 11.9 Å². The van der Waals surface area contributed by atoms with Crippen molar-refractivity contribution in [3.05, 3.63) is 56.7 Å². The Morgan fingerprint density at radius 3 is 2.69 bits per heavy atom. The number of phenols is 1. The van der Waals surface area contributed by atoms with E-state index in [0.29, 0.717) is 0 Å². The molecule has 1 saturated heterocycles. The van der Waals surface area contributed by atoms with Crippen molar-refractivity contribution < 1.29 is 29.1 Å². The smallest absolute Gasteiger partial charge is 0.433 e. The summed E-state index contributed by atoms with van der Waals surface area (Å²) in [6.07, 6.45) is 1.31. The van der Waals surface area contributed by atoms with Crippen molar-refractivity contribution in [3.8, 4) is 5.75 Å². The highest BCUT2D eigenvalue weighted by Gasteiger charge is 2.34. The third kappa shape index (κ3) is 3.17. The maximum Gasteiger partial charge on any atom is 0.433 e. The molecule has 0 bridgehead atoms. The lowest BCUT2D eigenvalue weighted by Gasteiger charge is -2.15. The van der Waals surface area contributed by atoms with Crippen LogP contribution in [-0.2, 0) is 4.79 Å². The largest absolute Gasteiger partial charge is 0.507 e. The lowest BCUT2D eigenvalue weighted by molar-refractivity contribution is -0.402. The molecule has 1 fully saturated rings. The second kappa shape index (κ2) is 6.61. The van der Waals surface area contributed by atoms with Crippen LogP contribution in [0.4, 0.5) is 11.6 Å². The number of aromatic carboxylic acids is 1. The summed E-state index contributed by atoms with van der Waals surface area (Å²) in [4.78, 5) is 34.9. The van der Waals surface area contributed by atoms with Crippen LogP contribution in [0.5, 0.6) is 5.75 Å². The van der Waals surface area contributed by atoms with Crippen molar-refractivity contribution in [2.45, 2.75) is 0 Å². The number of aromatic hydroxyl groups is 1. The topological polar surface area (TPSA) is 134 Å². The highest BCUT2D eigenvalue weighted by Crippen LogP contribution is 2.37. The van der Waals surface area contributed by atoms with Crippen molar-refractivity contribution in [2.24, 2.45) is 0 Å². The Labute approximate surface area is 154 Å². The number of nitrogens with zero attached hydrogens (tertiary/aromatic N) is 2. The van der Waals surface area contributed by atoms with Crippen LogP contribution in [0.1, 0.15) is 16.1 Å². The molecule has 0 atom stereocenters. The van der Waals surface area contributed by atoms with E-state index in [9.17, 15) is 24.8 Å². The highest BCUT2D eigenvalue weighted by atomic mass is 32.2. The third-order valence-corrected chi connectivity index (χ3v) is 4.63. The number of carbonyl (C=O) groups is 2. The van der Waals surface area contributed by atoms with Gasteiger partial charge in [0.15, 0.2) is 4.32 Å². The first-order valence-electron chi connectivity index (χ1n) is 6.86. The average Bonchev–Trinajstić information content (AvgIpc) is 3.14. The number of carboxylic acids is 1. The summed E-state index contributed by atoms with van der Waals surface area (Å²) in [5.74, 6) is -2.69. The van der Waals surface area contributed by atoms with Crippen LogP contribution >= 0.6 is 24.0 Å². The summed E-state index contributed by atoms with van der Waals surface area (Å²) in [7, 11) is 0. The van der Waals surface area contributed by atoms with Crippen LogP contribution in [0.2, 0.25) is 0 Å². The van der Waals surface area contributed by atoms with Crippen molar-refractivity contribution >= 4 is 57.8 Å². The zero-order chi connectivity index (χ0) is 19.0. The number of rotatable bonds is 4. The molecular formula is C15H8N2O7S2. The number of furan rings is 1. The fourth-order valence-electron chi connectivity index (χ4n) is 2.17. The molecule has 0 radical (unpaired) electrons. The van der Waals surface area contributed by atoms with Gasteiger partial charge in [0.2, 0.25) is 0 Å². The number of thiocarbonyl (C=S) groups is 1. The zero-order valence-corrected chi connectivity index (χ0v) is 14.2. The number of amides is 1. The molecule has 1 aromatic carbocycles. The van der Waals surface area contributed by atoms with E-state index in [1.807, 2.05) is 0 Å². The maximum absolute atomic E-state index is 12.6. The Kier molecular flexibility index (Phi) is 4.49. The Bertz CT molecular complexity index is 996. The van der Waals surface area contributed by atoms with Gasteiger partial charge in [-0.15, -0.1) is 0 Å². The first-order chi connectivity index (χ1) is 12.3. The predicted molar refractivity (Wildman–Crippen MR) is 96.1 cm³/mol. The van der Waals surface area contributed by atoms with Crippen LogP contribution in [0.25, 0.3) is 6.08 Å². The fourth-order valence-corrected chi connectivity index (χ4v) is 3.45. The maximum atomic E-state index is 12.6. The van der Waals surface area contributed by atoms with E-state index in [0.717, 1.165) is 34.9 Å². The molecule has 1 amide bonds. The average molecular weight is 392 g/mol. The molecule has 1 aliphatic rings. The lowest BCUT2D eigenvalue weighted by atomic mass is 10.1. The number of carboxylic acid groups (broad SMARTS) is 1. The SMILES string of the molecule is O=C(O)c1cc(N2C(=O)/C(=C/c3ccc([N+](=O)[O-])o3)SC2=S)ccc1O. The highest BCUT2D eigenvalue weighted by molar-refractivity contribution is 8.27. The molecule has 3 rings (SSSR count). The summed E-state index contributed by atoms with van der Waals surface area (Å²) < 4.78 is 5.13. The summed E-state index contributed by atoms with van der Waals surface area (Å²) in [5.41, 5.74) is -0.196. The first kappa shape index (κ1) is 17.6. The van der Waals surface area contributed by atoms with E-state index >= 15 is 0 Å². The summed E-state index contributed by atoms with van der Waals surface area (Å²) >= 11 is 6.10. The van der Waals surface area contributed by atoms with Gasteiger partial charge in [-0.3, -0.25) is 19.8 Å². The molecule has 0 spiro atoms. The van der Waals surface area contributed by atoms with Crippen LogP contribution in [0.15, 0.2) is 39.7 Å². The number of carbonyl (C=O) groups excluding carboxylic acids is 1. The fraction of sp³-hybridized carbons (Fsp3) is 0. The van der Waals surface area contributed by atoms with Gasteiger partial charge in [-0.2, -0.15) is 0 Å². The van der Waals surface area contributed by atoms with Crippen molar-refractivity contribution in [3.63, 3.8) is 0 Å². The normalized spacial score (nSPS) is 15.7. The Morgan fingerprint density at radius 2 is 2.08 bits per heavy atom. The van der Waals surface area contributed by atoms with Gasteiger partial charge in [0.25, 0.3) is 5.91 Å². The van der Waals surface area contributed by atoms with Gasteiger partial charge in [-0.25, -0.2) is 4.79 Å². The molecule has 26 heavy (non-hydrogen) atoms. The van der Waals surface area contributed by atoms with E-state index in [1.54, 1.807) is 0 Å². The van der Waals surface area contributed by atoms with Gasteiger partial charge in [-0.05, 0) is 24.3 Å². The Hall–Kier alpha value is -3.18. The minimum Gasteiger partial charge on any atom is -0.507 e. The second-order valence-electron chi connectivity index (χ2n) is 4.96. The number of benzene rings is 1. The summed E-state index contributed by atoms with van der Waals surface area (Å²) in [6, 6.07) is 6.13. The Balaban J connectivity index is 1.94. The molecular weight excluding hydrogens is 384 g/mol. The van der Waals surface area contributed by atoms with Crippen LogP contribution in [0.3, 0.4) is 0 Å². The van der Waals surface area contributed by atoms with Gasteiger partial charge < -0.3 is 14.6 Å². The first-order valence-corrected chi connectivity index (χ1v) is 8.09. The van der Waals surface area contributed by atoms with Gasteiger partial charge in [0, 0.05) is 6.08 Å². The molecule has 132 valence electrons. The van der Waals surface area contributed by atoms with Crippen LogP contribution in [-0.4, -0.2) is 31.3 Å². The van der Waals surface area contributed by atoms with Crippen molar-refractivity contribution in [1.82, 2.24) is 0 Å². The number of thioether (sulfide) groups is 1. The monoisotopic (exact) mass is 392 g/mol. The molecule has 0 aliphatic carbocycles. The van der Waals surface area contributed by atoms with E-state index in [2.05, 4.69) is 0 Å². The molecule has 0 unspecified atom stereocenters. The molecule has 1 aliphatic heterocycles. The van der Waals surface area contributed by atoms with Crippen molar-refractivity contribution in [2.75, 3.05) is 4.90 Å². The van der Waals surface area contributed by atoms with E-state index in [-0.39, 0.29) is 26.2 Å². The summed E-state index contributed by atoms with van der Waals surface area (Å²) in [5, 5.41) is 29.3. The van der Waals surface area contributed by atoms with Crippen LogP contribution in [0, 0.1) is 10.1 Å². The van der Waals surface area contributed by atoms with Gasteiger partial charge in [0.05, 0.1) is 16.7 Å². The molecule has 11 heteroatoms. The second-order valence-corrected chi connectivity index (χ2v) is 6.63. The molecule has 2 N–H and O–H groups in total.